The molecule has 0 saturated carbocycles. The molecule has 4 nitrogen and oxygen atoms in total. The van der Waals surface area contributed by atoms with Gasteiger partial charge in [-0.05, 0) is 49.2 Å². The second-order valence-corrected chi connectivity index (χ2v) is 5.27. The van der Waals surface area contributed by atoms with Crippen LogP contribution in [0.15, 0.2) is 42.5 Å². The van der Waals surface area contributed by atoms with E-state index < -0.39 is 0 Å². The molecule has 0 bridgehead atoms. The van der Waals surface area contributed by atoms with Crippen molar-refractivity contribution in [2.75, 3.05) is 19.0 Å². The van der Waals surface area contributed by atoms with Gasteiger partial charge in [0, 0.05) is 19.3 Å². The number of aryl methyl sites for hydroxylation is 2. The summed E-state index contributed by atoms with van der Waals surface area (Å²) in [5.74, 6) is 0.540. The summed E-state index contributed by atoms with van der Waals surface area (Å²) in [6.45, 7) is 5.03. The Morgan fingerprint density at radius 1 is 1.09 bits per heavy atom. The first kappa shape index (κ1) is 15.9. The van der Waals surface area contributed by atoms with Gasteiger partial charge in [-0.25, -0.2) is 0 Å². The zero-order valence-electron chi connectivity index (χ0n) is 13.3. The van der Waals surface area contributed by atoms with Crippen LogP contribution in [0.25, 0.3) is 0 Å². The van der Waals surface area contributed by atoms with E-state index >= 15 is 0 Å². The third kappa shape index (κ3) is 4.52. The lowest BCUT2D eigenvalue weighted by Crippen LogP contribution is -2.24. The molecule has 2 aromatic rings. The normalized spacial score (nSPS) is 10.1. The van der Waals surface area contributed by atoms with E-state index in [0.29, 0.717) is 5.75 Å². The second kappa shape index (κ2) is 7.50. The molecule has 22 heavy (non-hydrogen) atoms. The lowest BCUT2D eigenvalue weighted by molar-refractivity contribution is -0.122. The lowest BCUT2D eigenvalue weighted by atomic mass is 10.1. The van der Waals surface area contributed by atoms with Crippen molar-refractivity contribution in [1.29, 1.82) is 0 Å². The number of amides is 1. The van der Waals surface area contributed by atoms with Gasteiger partial charge in [0.15, 0.2) is 6.61 Å². The molecule has 1 amide bonds. The molecule has 116 valence electrons. The molecule has 0 aliphatic carbocycles. The van der Waals surface area contributed by atoms with Gasteiger partial charge in [0.2, 0.25) is 0 Å². The van der Waals surface area contributed by atoms with E-state index in [0.717, 1.165) is 12.2 Å². The van der Waals surface area contributed by atoms with E-state index in [-0.39, 0.29) is 12.5 Å². The third-order valence-electron chi connectivity index (χ3n) is 3.49. The molecule has 2 rings (SSSR count). The van der Waals surface area contributed by atoms with Crippen LogP contribution < -0.4 is 15.4 Å². The molecule has 0 radical (unpaired) electrons. The summed E-state index contributed by atoms with van der Waals surface area (Å²) < 4.78 is 5.37. The second-order valence-electron chi connectivity index (χ2n) is 5.27. The first-order chi connectivity index (χ1) is 10.6. The molecule has 0 atom stereocenters. The van der Waals surface area contributed by atoms with Gasteiger partial charge in [-0.3, -0.25) is 4.79 Å². The number of carbonyl (C=O) groups excluding carboxylic acids is 1. The number of nitrogens with one attached hydrogen (secondary N) is 2. The van der Waals surface area contributed by atoms with Crippen molar-refractivity contribution >= 4 is 11.6 Å². The van der Waals surface area contributed by atoms with Gasteiger partial charge in [0.25, 0.3) is 5.91 Å². The number of likely N-dealkylation sites (N-methyl/N-ethyl adjacent to an activating group) is 1. The summed E-state index contributed by atoms with van der Waals surface area (Å²) in [6.07, 6.45) is 0. The van der Waals surface area contributed by atoms with Crippen molar-refractivity contribution in [3.8, 4) is 5.75 Å². The van der Waals surface area contributed by atoms with Gasteiger partial charge in [-0.2, -0.15) is 0 Å². The number of hydrogen-bond donors (Lipinski definition) is 2. The van der Waals surface area contributed by atoms with Crippen LogP contribution >= 0.6 is 0 Å². The Balaban J connectivity index is 1.91. The van der Waals surface area contributed by atoms with Gasteiger partial charge >= 0.3 is 0 Å². The Morgan fingerprint density at radius 2 is 1.82 bits per heavy atom. The predicted molar refractivity (Wildman–Crippen MR) is 89.2 cm³/mol. The van der Waals surface area contributed by atoms with Crippen molar-refractivity contribution in [1.82, 2.24) is 5.32 Å². The van der Waals surface area contributed by atoms with Gasteiger partial charge < -0.3 is 15.4 Å². The Morgan fingerprint density at radius 3 is 2.50 bits per heavy atom. The molecular formula is C18H22N2O2. The van der Waals surface area contributed by atoms with Crippen LogP contribution in [-0.2, 0) is 11.3 Å². The highest BCUT2D eigenvalue weighted by Gasteiger charge is 2.01. The first-order valence-corrected chi connectivity index (χ1v) is 7.32. The van der Waals surface area contributed by atoms with Crippen LogP contribution in [0, 0.1) is 13.8 Å². The summed E-state index contributed by atoms with van der Waals surface area (Å²) in [5.41, 5.74) is 4.86. The van der Waals surface area contributed by atoms with E-state index in [1.807, 2.05) is 24.3 Å². The summed E-state index contributed by atoms with van der Waals surface area (Å²) >= 11 is 0. The smallest absolute Gasteiger partial charge is 0.257 e. The molecule has 0 heterocycles. The maximum atomic E-state index is 11.1. The highest BCUT2D eigenvalue weighted by atomic mass is 16.5. The minimum atomic E-state index is -0.142. The molecule has 2 aromatic carbocycles. The Kier molecular flexibility index (Phi) is 5.42. The highest BCUT2D eigenvalue weighted by molar-refractivity contribution is 5.77. The average Bonchev–Trinajstić information content (AvgIpc) is 2.54. The van der Waals surface area contributed by atoms with Crippen molar-refractivity contribution < 1.29 is 9.53 Å². The monoisotopic (exact) mass is 298 g/mol. The summed E-state index contributed by atoms with van der Waals surface area (Å²) in [5, 5.41) is 5.92. The maximum Gasteiger partial charge on any atom is 0.257 e. The van der Waals surface area contributed by atoms with Crippen LogP contribution in [0.5, 0.6) is 5.75 Å². The molecule has 0 saturated heterocycles. The van der Waals surface area contributed by atoms with E-state index in [2.05, 4.69) is 42.7 Å². The van der Waals surface area contributed by atoms with Crippen molar-refractivity contribution in [3.63, 3.8) is 0 Å². The average molecular weight is 298 g/mol. The maximum absolute atomic E-state index is 11.1. The minimum Gasteiger partial charge on any atom is -0.484 e. The lowest BCUT2D eigenvalue weighted by Gasteiger charge is -2.11. The van der Waals surface area contributed by atoms with Gasteiger partial charge in [0.05, 0.1) is 0 Å². The standard InChI is InChI=1S/C18H22N2O2/c1-13-4-5-14(2)15(10-13)11-20-16-6-8-17(9-7-16)22-12-18(21)19-3/h4-10,20H,11-12H2,1-3H3,(H,19,21). The molecular weight excluding hydrogens is 276 g/mol. The minimum absolute atomic E-state index is 0.0335. The first-order valence-electron chi connectivity index (χ1n) is 7.32. The predicted octanol–water partition coefficient (Wildman–Crippen LogP) is 3.04. The molecule has 2 N–H and O–H groups in total. The number of benzene rings is 2. The van der Waals surface area contributed by atoms with Crippen LogP contribution in [0.3, 0.4) is 0 Å². The van der Waals surface area contributed by atoms with Crippen molar-refractivity contribution in [2.24, 2.45) is 0 Å². The van der Waals surface area contributed by atoms with Gasteiger partial charge in [-0.15, -0.1) is 0 Å². The zero-order chi connectivity index (χ0) is 15.9. The molecule has 0 unspecified atom stereocenters. The van der Waals surface area contributed by atoms with Crippen LogP contribution in [-0.4, -0.2) is 19.6 Å². The van der Waals surface area contributed by atoms with Crippen LogP contribution in [0.4, 0.5) is 5.69 Å². The van der Waals surface area contributed by atoms with Crippen molar-refractivity contribution in [3.05, 3.63) is 59.2 Å². The highest BCUT2D eigenvalue weighted by Crippen LogP contribution is 2.17. The third-order valence-corrected chi connectivity index (χ3v) is 3.49. The molecule has 4 heteroatoms. The fraction of sp³-hybridized carbons (Fsp3) is 0.278. The number of rotatable bonds is 6. The molecule has 0 fully saturated rings. The van der Waals surface area contributed by atoms with Crippen molar-refractivity contribution in [2.45, 2.75) is 20.4 Å². The molecule has 0 aromatic heterocycles. The topological polar surface area (TPSA) is 50.4 Å². The van der Waals surface area contributed by atoms with Gasteiger partial charge in [-0.1, -0.05) is 23.8 Å². The number of ether oxygens (including phenoxy) is 1. The zero-order valence-corrected chi connectivity index (χ0v) is 13.3. The van der Waals surface area contributed by atoms with E-state index in [1.54, 1.807) is 7.05 Å². The number of hydrogen-bond acceptors (Lipinski definition) is 3. The van der Waals surface area contributed by atoms with Crippen LogP contribution in [0.2, 0.25) is 0 Å². The Labute approximate surface area is 131 Å². The Hall–Kier alpha value is -2.49. The van der Waals surface area contributed by atoms with E-state index in [1.165, 1.54) is 16.7 Å². The number of carbonyl (C=O) groups is 1. The molecule has 0 aliphatic rings. The fourth-order valence-corrected chi connectivity index (χ4v) is 2.08. The van der Waals surface area contributed by atoms with Gasteiger partial charge in [0.1, 0.15) is 5.75 Å². The summed E-state index contributed by atoms with van der Waals surface area (Å²) in [7, 11) is 1.59. The van der Waals surface area contributed by atoms with Crippen LogP contribution in [0.1, 0.15) is 16.7 Å². The largest absolute Gasteiger partial charge is 0.484 e. The quantitative estimate of drug-likeness (QED) is 0.862. The fourth-order valence-electron chi connectivity index (χ4n) is 2.08. The summed E-state index contributed by atoms with van der Waals surface area (Å²) in [6, 6.07) is 14.1. The summed E-state index contributed by atoms with van der Waals surface area (Å²) in [4.78, 5) is 11.1. The SMILES string of the molecule is CNC(=O)COc1ccc(NCc2cc(C)ccc2C)cc1. The Bertz CT molecular complexity index is 636. The number of anilines is 1. The van der Waals surface area contributed by atoms with E-state index in [4.69, 9.17) is 4.74 Å². The molecule has 0 spiro atoms. The van der Waals surface area contributed by atoms with E-state index in [9.17, 15) is 4.79 Å². The molecule has 0 aliphatic heterocycles.